The van der Waals surface area contributed by atoms with Crippen molar-refractivity contribution in [2.45, 2.75) is 52.9 Å². The van der Waals surface area contributed by atoms with Gasteiger partial charge in [-0.1, -0.05) is 32.6 Å². The zero-order chi connectivity index (χ0) is 12.9. The van der Waals surface area contributed by atoms with Crippen molar-refractivity contribution in [1.29, 1.82) is 0 Å². The Morgan fingerprint density at radius 1 is 1.41 bits per heavy atom. The molecule has 0 aromatic heterocycles. The van der Waals surface area contributed by atoms with E-state index in [1.807, 2.05) is 11.8 Å². The molecular weight excluding hydrogens is 210 g/mol. The minimum Gasteiger partial charge on any atom is -0.331 e. The van der Waals surface area contributed by atoms with Crippen molar-refractivity contribution >= 4 is 5.91 Å². The van der Waals surface area contributed by atoms with E-state index in [9.17, 15) is 4.79 Å². The van der Waals surface area contributed by atoms with E-state index < -0.39 is 0 Å². The number of terminal acetylenes is 1. The van der Waals surface area contributed by atoms with Crippen LogP contribution in [-0.4, -0.2) is 23.9 Å². The molecule has 0 bridgehead atoms. The molecule has 2 heteroatoms. The number of carbonyl (C=O) groups excluding carboxylic acids is 1. The summed E-state index contributed by atoms with van der Waals surface area (Å²) in [6, 6.07) is 0. The fourth-order valence-electron chi connectivity index (χ4n) is 3.11. The topological polar surface area (TPSA) is 20.3 Å². The fraction of sp³-hybridized carbons (Fsp3) is 0.800. The highest BCUT2D eigenvalue weighted by atomic mass is 16.2. The van der Waals surface area contributed by atoms with E-state index in [0.29, 0.717) is 18.4 Å². The average molecular weight is 235 g/mol. The minimum atomic E-state index is -0.110. The minimum absolute atomic E-state index is 0.110. The lowest BCUT2D eigenvalue weighted by atomic mass is 9.77. The van der Waals surface area contributed by atoms with Crippen molar-refractivity contribution in [3.63, 3.8) is 0 Å². The van der Waals surface area contributed by atoms with Crippen molar-refractivity contribution in [2.75, 3.05) is 13.1 Å². The second-order valence-corrected chi connectivity index (χ2v) is 5.61. The number of amides is 1. The van der Waals surface area contributed by atoms with Gasteiger partial charge in [0.15, 0.2) is 0 Å². The summed E-state index contributed by atoms with van der Waals surface area (Å²) in [5.74, 6) is 3.47. The Bertz CT molecular complexity index is 295. The van der Waals surface area contributed by atoms with E-state index in [-0.39, 0.29) is 5.41 Å². The Labute approximate surface area is 106 Å². The van der Waals surface area contributed by atoms with E-state index in [4.69, 9.17) is 6.42 Å². The van der Waals surface area contributed by atoms with Gasteiger partial charge in [-0.2, -0.15) is 0 Å². The lowest BCUT2D eigenvalue weighted by molar-refractivity contribution is -0.142. The Morgan fingerprint density at radius 2 is 2.00 bits per heavy atom. The Hall–Kier alpha value is -0.970. The van der Waals surface area contributed by atoms with Crippen LogP contribution in [0.1, 0.15) is 52.9 Å². The van der Waals surface area contributed by atoms with Gasteiger partial charge in [-0.3, -0.25) is 4.79 Å². The molecular formula is C15H25NO. The third-order valence-electron chi connectivity index (χ3n) is 3.76. The average Bonchev–Trinajstić information content (AvgIpc) is 2.73. The van der Waals surface area contributed by atoms with Crippen LogP contribution in [0.25, 0.3) is 0 Å². The van der Waals surface area contributed by atoms with E-state index in [2.05, 4.69) is 19.8 Å². The highest BCUT2D eigenvalue weighted by molar-refractivity contribution is 5.83. The molecule has 0 saturated heterocycles. The maximum atomic E-state index is 12.7. The van der Waals surface area contributed by atoms with Gasteiger partial charge in [0.2, 0.25) is 5.91 Å². The first-order chi connectivity index (χ1) is 8.05. The van der Waals surface area contributed by atoms with Gasteiger partial charge in [0.1, 0.15) is 0 Å². The summed E-state index contributed by atoms with van der Waals surface area (Å²) < 4.78 is 0. The molecule has 0 heterocycles. The molecule has 0 N–H and O–H groups in total. The number of hydrogen-bond acceptors (Lipinski definition) is 1. The molecule has 0 atom stereocenters. The molecule has 0 aromatic rings. The molecule has 0 aliphatic heterocycles. The highest BCUT2D eigenvalue weighted by Gasteiger charge is 2.43. The summed E-state index contributed by atoms with van der Waals surface area (Å²) in [5.41, 5.74) is -0.110. The van der Waals surface area contributed by atoms with Crippen molar-refractivity contribution in [1.82, 2.24) is 4.90 Å². The SMILES string of the molecule is C#CCN(CC)C(=O)C1(CC(C)C)CCCC1. The number of nitrogens with zero attached hydrogens (tertiary/aromatic N) is 1. The van der Waals surface area contributed by atoms with Crippen molar-refractivity contribution < 1.29 is 4.79 Å². The van der Waals surface area contributed by atoms with Gasteiger partial charge in [-0.25, -0.2) is 0 Å². The van der Waals surface area contributed by atoms with E-state index in [1.54, 1.807) is 0 Å². The molecule has 0 spiro atoms. The Kier molecular flexibility index (Phi) is 5.05. The number of hydrogen-bond donors (Lipinski definition) is 0. The maximum absolute atomic E-state index is 12.7. The number of carbonyl (C=O) groups is 1. The van der Waals surface area contributed by atoms with Crippen LogP contribution in [0, 0.1) is 23.7 Å². The van der Waals surface area contributed by atoms with Gasteiger partial charge in [-0.05, 0) is 32.1 Å². The predicted octanol–water partition coefficient (Wildman–Crippen LogP) is 3.07. The van der Waals surface area contributed by atoms with Crippen molar-refractivity contribution in [3.8, 4) is 12.3 Å². The second-order valence-electron chi connectivity index (χ2n) is 5.61. The summed E-state index contributed by atoms with van der Waals surface area (Å²) in [6.07, 6.45) is 10.8. The van der Waals surface area contributed by atoms with Gasteiger partial charge in [0, 0.05) is 12.0 Å². The lowest BCUT2D eigenvalue weighted by Crippen LogP contribution is -2.43. The molecule has 1 aliphatic carbocycles. The molecule has 1 aliphatic rings. The first-order valence-corrected chi connectivity index (χ1v) is 6.78. The van der Waals surface area contributed by atoms with Crippen LogP contribution in [0.4, 0.5) is 0 Å². The highest BCUT2D eigenvalue weighted by Crippen LogP contribution is 2.44. The quantitative estimate of drug-likeness (QED) is 0.671. The summed E-state index contributed by atoms with van der Waals surface area (Å²) in [7, 11) is 0. The second kappa shape index (κ2) is 6.10. The van der Waals surface area contributed by atoms with Crippen LogP contribution in [0.5, 0.6) is 0 Å². The third kappa shape index (κ3) is 3.25. The normalized spacial score (nSPS) is 18.1. The largest absolute Gasteiger partial charge is 0.331 e. The van der Waals surface area contributed by atoms with Crippen LogP contribution < -0.4 is 0 Å². The maximum Gasteiger partial charge on any atom is 0.229 e. The van der Waals surface area contributed by atoms with Gasteiger partial charge in [-0.15, -0.1) is 6.42 Å². The Balaban J connectivity index is 2.83. The monoisotopic (exact) mass is 235 g/mol. The summed E-state index contributed by atoms with van der Waals surface area (Å²) in [5, 5.41) is 0. The van der Waals surface area contributed by atoms with Gasteiger partial charge in [0.05, 0.1) is 6.54 Å². The van der Waals surface area contributed by atoms with Gasteiger partial charge < -0.3 is 4.90 Å². The predicted molar refractivity (Wildman–Crippen MR) is 71.4 cm³/mol. The lowest BCUT2D eigenvalue weighted by Gasteiger charge is -2.34. The standard InChI is InChI=1S/C15H25NO/c1-5-11-16(6-2)14(17)15(12-13(3)4)9-7-8-10-15/h1,13H,6-12H2,2-4H3. The molecule has 0 radical (unpaired) electrons. The van der Waals surface area contributed by atoms with Crippen molar-refractivity contribution in [3.05, 3.63) is 0 Å². The molecule has 0 unspecified atom stereocenters. The molecule has 0 aromatic carbocycles. The Morgan fingerprint density at radius 3 is 2.41 bits per heavy atom. The van der Waals surface area contributed by atoms with E-state index >= 15 is 0 Å². The molecule has 17 heavy (non-hydrogen) atoms. The smallest absolute Gasteiger partial charge is 0.229 e. The number of rotatable bonds is 5. The van der Waals surface area contributed by atoms with E-state index in [1.165, 1.54) is 12.8 Å². The molecule has 1 rings (SSSR count). The summed E-state index contributed by atoms with van der Waals surface area (Å²) >= 11 is 0. The molecule has 2 nitrogen and oxygen atoms in total. The van der Waals surface area contributed by atoms with Crippen LogP contribution in [0.15, 0.2) is 0 Å². The van der Waals surface area contributed by atoms with E-state index in [0.717, 1.165) is 25.8 Å². The van der Waals surface area contributed by atoms with Gasteiger partial charge in [0.25, 0.3) is 0 Å². The van der Waals surface area contributed by atoms with Crippen LogP contribution in [0.2, 0.25) is 0 Å². The third-order valence-corrected chi connectivity index (χ3v) is 3.76. The molecule has 96 valence electrons. The first kappa shape index (κ1) is 14.1. The van der Waals surface area contributed by atoms with Crippen molar-refractivity contribution in [2.24, 2.45) is 11.3 Å². The van der Waals surface area contributed by atoms with Crippen LogP contribution in [0.3, 0.4) is 0 Å². The molecule has 1 fully saturated rings. The summed E-state index contributed by atoms with van der Waals surface area (Å²) in [4.78, 5) is 14.5. The molecule has 1 saturated carbocycles. The first-order valence-electron chi connectivity index (χ1n) is 6.78. The van der Waals surface area contributed by atoms with Crippen LogP contribution >= 0.6 is 0 Å². The zero-order valence-corrected chi connectivity index (χ0v) is 11.5. The fourth-order valence-corrected chi connectivity index (χ4v) is 3.11. The van der Waals surface area contributed by atoms with Crippen LogP contribution in [-0.2, 0) is 4.79 Å². The van der Waals surface area contributed by atoms with Gasteiger partial charge >= 0.3 is 0 Å². The zero-order valence-electron chi connectivity index (χ0n) is 11.5. The summed E-state index contributed by atoms with van der Waals surface area (Å²) in [6.45, 7) is 7.58. The molecule has 1 amide bonds.